The maximum Gasteiger partial charge on any atom is 0.390 e. The van der Waals surface area contributed by atoms with Crippen molar-refractivity contribution in [3.8, 4) is 0 Å². The molecule has 2 fully saturated rings. The highest BCUT2D eigenvalue weighted by atomic mass is 31.2. The lowest BCUT2D eigenvalue weighted by Crippen LogP contribution is -3.13. The van der Waals surface area contributed by atoms with Gasteiger partial charge in [-0.2, -0.15) is 0 Å². The number of nitrogens with one attached hydrogen (secondary N) is 1. The van der Waals surface area contributed by atoms with Gasteiger partial charge < -0.3 is 19.3 Å². The normalized spacial score (nSPS) is 42.1. The van der Waals surface area contributed by atoms with Gasteiger partial charge in [-0.05, 0) is 0 Å². The van der Waals surface area contributed by atoms with Gasteiger partial charge >= 0.3 is 7.60 Å². The number of hydroxylamine groups is 2. The zero-order chi connectivity index (χ0) is 12.0. The van der Waals surface area contributed by atoms with Crippen molar-refractivity contribution in [2.24, 2.45) is 5.41 Å². The van der Waals surface area contributed by atoms with E-state index in [2.05, 4.69) is 0 Å². The quantitative estimate of drug-likeness (QED) is 0.559. The Morgan fingerprint density at radius 3 is 2.25 bits per heavy atom. The van der Waals surface area contributed by atoms with Gasteiger partial charge in [0.05, 0.1) is 19.8 Å². The van der Waals surface area contributed by atoms with Crippen LogP contribution in [-0.4, -0.2) is 25.0 Å². The van der Waals surface area contributed by atoms with Crippen LogP contribution >= 0.6 is 7.60 Å². The second-order valence-corrected chi connectivity index (χ2v) is 8.26. The van der Waals surface area contributed by atoms with Crippen LogP contribution in [0.1, 0.15) is 33.6 Å². The Bertz CT molecular complexity index is 319. The highest BCUT2D eigenvalue weighted by molar-refractivity contribution is 7.55. The lowest BCUT2D eigenvalue weighted by Gasteiger charge is -2.43. The SMILES string of the molecule is CC1(C)COP(=O)(C2(C)CCC[NH+]2[O-])OC1. The Labute approximate surface area is 96.2 Å². The van der Waals surface area contributed by atoms with Crippen molar-refractivity contribution in [2.75, 3.05) is 19.8 Å². The summed E-state index contributed by atoms with van der Waals surface area (Å²) < 4.78 is 23.5. The Morgan fingerprint density at radius 2 is 1.81 bits per heavy atom. The van der Waals surface area contributed by atoms with Gasteiger partial charge in [-0.1, -0.05) is 13.8 Å². The monoisotopic (exact) mass is 249 g/mol. The fraction of sp³-hybridized carbons (Fsp3) is 1.00. The third-order valence-corrected chi connectivity index (χ3v) is 6.14. The van der Waals surface area contributed by atoms with Gasteiger partial charge in [0, 0.05) is 25.2 Å². The molecule has 0 bridgehead atoms. The molecule has 0 aromatic heterocycles. The molecule has 5 nitrogen and oxygen atoms in total. The topological polar surface area (TPSA) is 63.0 Å². The van der Waals surface area contributed by atoms with E-state index in [0.29, 0.717) is 26.2 Å². The smallest absolute Gasteiger partial charge is 0.390 e. The van der Waals surface area contributed by atoms with Gasteiger partial charge in [-0.15, -0.1) is 0 Å². The Balaban J connectivity index is 2.18. The number of hydrogen-bond acceptors (Lipinski definition) is 4. The molecule has 0 saturated carbocycles. The largest absolute Gasteiger partial charge is 0.633 e. The second kappa shape index (κ2) is 3.79. The predicted molar refractivity (Wildman–Crippen MR) is 60.1 cm³/mol. The molecule has 0 aliphatic carbocycles. The summed E-state index contributed by atoms with van der Waals surface area (Å²) >= 11 is 0. The number of hydrogen-bond donors (Lipinski definition) is 1. The molecule has 6 heteroatoms. The summed E-state index contributed by atoms with van der Waals surface area (Å²) in [6.07, 6.45) is 1.40. The van der Waals surface area contributed by atoms with Gasteiger partial charge in [0.25, 0.3) is 0 Å². The molecule has 2 saturated heterocycles. The van der Waals surface area contributed by atoms with E-state index in [4.69, 9.17) is 9.05 Å². The van der Waals surface area contributed by atoms with Crippen LogP contribution in [0.3, 0.4) is 0 Å². The maximum atomic E-state index is 12.6. The standard InChI is InChI=1S/C10H20NO4P/c1-9(2)7-14-16(13,15-8-9)10(3)5-4-6-11(10)12/h11H,4-8H2,1-3H3. The summed E-state index contributed by atoms with van der Waals surface area (Å²) in [5, 5.41) is 11.0. The van der Waals surface area contributed by atoms with Crippen molar-refractivity contribution >= 4 is 7.60 Å². The molecular formula is C10H20NO4P. The highest BCUT2D eigenvalue weighted by Crippen LogP contribution is 2.62. The maximum absolute atomic E-state index is 12.6. The summed E-state index contributed by atoms with van der Waals surface area (Å²) in [6, 6.07) is 0. The minimum Gasteiger partial charge on any atom is -0.633 e. The van der Waals surface area contributed by atoms with Crippen LogP contribution in [-0.2, 0) is 13.6 Å². The first kappa shape index (κ1) is 12.5. The van der Waals surface area contributed by atoms with Crippen LogP contribution in [0.4, 0.5) is 0 Å². The molecule has 2 unspecified atom stereocenters. The molecule has 0 spiro atoms. The van der Waals surface area contributed by atoms with Gasteiger partial charge in [-0.3, -0.25) is 4.57 Å². The molecule has 2 aliphatic heterocycles. The van der Waals surface area contributed by atoms with Gasteiger partial charge in [0.2, 0.25) is 0 Å². The van der Waals surface area contributed by atoms with Crippen LogP contribution in [0.2, 0.25) is 0 Å². The van der Waals surface area contributed by atoms with Crippen molar-refractivity contribution in [3.05, 3.63) is 5.21 Å². The third-order valence-electron chi connectivity index (χ3n) is 3.52. The first-order valence-corrected chi connectivity index (χ1v) is 7.26. The average molecular weight is 249 g/mol. The predicted octanol–water partition coefficient (Wildman–Crippen LogP) is 1.15. The van der Waals surface area contributed by atoms with Gasteiger partial charge in [0.15, 0.2) is 5.28 Å². The van der Waals surface area contributed by atoms with Crippen LogP contribution in [0, 0.1) is 10.6 Å². The Hall–Kier alpha value is 0.0700. The molecule has 1 N–H and O–H groups in total. The lowest BCUT2D eigenvalue weighted by atomic mass is 9.97. The molecular weight excluding hydrogens is 229 g/mol. The van der Waals surface area contributed by atoms with Crippen LogP contribution in [0.25, 0.3) is 0 Å². The van der Waals surface area contributed by atoms with Crippen molar-refractivity contribution in [2.45, 2.75) is 38.9 Å². The summed E-state index contributed by atoms with van der Waals surface area (Å²) in [4.78, 5) is 0. The zero-order valence-corrected chi connectivity index (χ0v) is 11.0. The molecule has 2 aliphatic rings. The second-order valence-electron chi connectivity index (χ2n) is 5.76. The van der Waals surface area contributed by atoms with E-state index in [-0.39, 0.29) is 10.5 Å². The van der Waals surface area contributed by atoms with E-state index < -0.39 is 12.9 Å². The minimum atomic E-state index is -3.26. The van der Waals surface area contributed by atoms with Crippen molar-refractivity contribution in [3.63, 3.8) is 0 Å². The zero-order valence-electron chi connectivity index (χ0n) is 10.1. The fourth-order valence-electron chi connectivity index (χ4n) is 2.17. The van der Waals surface area contributed by atoms with E-state index in [0.717, 1.165) is 6.42 Å². The summed E-state index contributed by atoms with van der Waals surface area (Å²) in [5.74, 6) is 0. The molecule has 2 atom stereocenters. The summed E-state index contributed by atoms with van der Waals surface area (Å²) in [6.45, 7) is 7.00. The average Bonchev–Trinajstić information content (AvgIpc) is 2.54. The van der Waals surface area contributed by atoms with Crippen LogP contribution < -0.4 is 5.06 Å². The lowest BCUT2D eigenvalue weighted by molar-refractivity contribution is -0.872. The van der Waals surface area contributed by atoms with Crippen LogP contribution in [0.5, 0.6) is 0 Å². The van der Waals surface area contributed by atoms with Gasteiger partial charge in [-0.25, -0.2) is 0 Å². The molecule has 0 aromatic rings. The summed E-state index contributed by atoms with van der Waals surface area (Å²) in [7, 11) is -3.26. The van der Waals surface area contributed by atoms with Crippen molar-refractivity contribution in [1.82, 2.24) is 0 Å². The first-order valence-electron chi connectivity index (χ1n) is 5.72. The first-order chi connectivity index (χ1) is 7.29. The molecule has 94 valence electrons. The third kappa shape index (κ3) is 1.85. The number of rotatable bonds is 1. The number of quaternary nitrogens is 1. The van der Waals surface area contributed by atoms with E-state index in [1.54, 1.807) is 6.92 Å². The molecule has 2 heterocycles. The Kier molecular flexibility index (Phi) is 2.96. The highest BCUT2D eigenvalue weighted by Gasteiger charge is 2.57. The van der Waals surface area contributed by atoms with E-state index in [1.165, 1.54) is 0 Å². The fourth-order valence-corrected chi connectivity index (χ4v) is 4.71. The molecule has 0 amide bonds. The molecule has 0 radical (unpaired) electrons. The van der Waals surface area contributed by atoms with Gasteiger partial charge in [0.1, 0.15) is 0 Å². The molecule has 0 aromatic carbocycles. The van der Waals surface area contributed by atoms with Crippen LogP contribution in [0.15, 0.2) is 0 Å². The Morgan fingerprint density at radius 1 is 1.25 bits per heavy atom. The molecule has 16 heavy (non-hydrogen) atoms. The van der Waals surface area contributed by atoms with E-state index >= 15 is 0 Å². The van der Waals surface area contributed by atoms with Crippen molar-refractivity contribution < 1.29 is 18.7 Å². The summed E-state index contributed by atoms with van der Waals surface area (Å²) in [5.41, 5.74) is -0.119. The minimum absolute atomic E-state index is 0.0236. The van der Waals surface area contributed by atoms with E-state index in [1.807, 2.05) is 13.8 Å². The molecule has 2 rings (SSSR count). The van der Waals surface area contributed by atoms with E-state index in [9.17, 15) is 9.77 Å². The van der Waals surface area contributed by atoms with Crippen molar-refractivity contribution in [1.29, 1.82) is 0 Å².